The van der Waals surface area contributed by atoms with Gasteiger partial charge in [0.15, 0.2) is 0 Å². The molecule has 0 spiro atoms. The maximum atomic E-state index is 9.63. The molecule has 1 heterocycles. The smallest absolute Gasteiger partial charge is 0.139 e. The number of imidazole rings is 1. The fourth-order valence-electron chi connectivity index (χ4n) is 1.45. The van der Waals surface area contributed by atoms with Crippen molar-refractivity contribution in [2.75, 3.05) is 6.54 Å². The summed E-state index contributed by atoms with van der Waals surface area (Å²) in [7, 11) is 0. The van der Waals surface area contributed by atoms with Gasteiger partial charge in [0, 0.05) is 12.6 Å². The van der Waals surface area contributed by atoms with Gasteiger partial charge in [-0.25, -0.2) is 4.98 Å². The Kier molecular flexibility index (Phi) is 2.69. The summed E-state index contributed by atoms with van der Waals surface area (Å²) in [6.07, 6.45) is 4.31. The van der Waals surface area contributed by atoms with Crippen molar-refractivity contribution in [3.05, 3.63) is 42.5 Å². The van der Waals surface area contributed by atoms with E-state index in [9.17, 15) is 5.11 Å². The Balaban J connectivity index is 2.33. The molecule has 0 bridgehead atoms. The van der Waals surface area contributed by atoms with Crippen molar-refractivity contribution in [1.29, 1.82) is 0 Å². The highest BCUT2D eigenvalue weighted by Gasteiger charge is 2.03. The number of nitrogens with two attached hydrogens (primary N) is 1. The number of phenols is 1. The third-order valence-corrected chi connectivity index (χ3v) is 2.20. The second-order valence-corrected chi connectivity index (χ2v) is 3.30. The Morgan fingerprint density at radius 2 is 2.13 bits per heavy atom. The van der Waals surface area contributed by atoms with E-state index in [1.807, 2.05) is 18.3 Å². The van der Waals surface area contributed by atoms with Crippen molar-refractivity contribution in [3.63, 3.8) is 0 Å². The number of para-hydroxylation sites is 2. The van der Waals surface area contributed by atoms with Gasteiger partial charge < -0.3 is 15.4 Å². The van der Waals surface area contributed by atoms with Gasteiger partial charge in [-0.1, -0.05) is 12.1 Å². The largest absolute Gasteiger partial charge is 0.506 e. The molecule has 15 heavy (non-hydrogen) atoms. The van der Waals surface area contributed by atoms with Crippen LogP contribution < -0.4 is 5.73 Å². The molecule has 0 aliphatic heterocycles. The van der Waals surface area contributed by atoms with Gasteiger partial charge in [0.25, 0.3) is 0 Å². The van der Waals surface area contributed by atoms with E-state index < -0.39 is 0 Å². The minimum atomic E-state index is 0.245. The highest BCUT2D eigenvalue weighted by atomic mass is 16.3. The lowest BCUT2D eigenvalue weighted by atomic mass is 10.3. The number of hydrogen-bond donors (Lipinski definition) is 2. The predicted octanol–water partition coefficient (Wildman–Crippen LogP) is 1.08. The zero-order valence-corrected chi connectivity index (χ0v) is 8.30. The number of nitrogens with zero attached hydrogens (tertiary/aromatic N) is 2. The van der Waals surface area contributed by atoms with E-state index in [4.69, 9.17) is 5.73 Å². The Bertz CT molecular complexity index is 451. The standard InChI is InChI=1S/C11H13N3O/c12-6-5-9-7-14(8-13-9)10-3-1-2-4-11(10)15/h1-4,7-8,15H,5-6,12H2. The van der Waals surface area contributed by atoms with Crippen LogP contribution in [0.1, 0.15) is 5.69 Å². The summed E-state index contributed by atoms with van der Waals surface area (Å²) in [5, 5.41) is 9.63. The van der Waals surface area contributed by atoms with Crippen molar-refractivity contribution in [2.24, 2.45) is 5.73 Å². The van der Waals surface area contributed by atoms with Crippen LogP contribution in [0, 0.1) is 0 Å². The van der Waals surface area contributed by atoms with Gasteiger partial charge in [0.1, 0.15) is 5.75 Å². The van der Waals surface area contributed by atoms with Gasteiger partial charge in [-0.05, 0) is 18.7 Å². The Hall–Kier alpha value is -1.81. The summed E-state index contributed by atoms with van der Waals surface area (Å²) in [5.41, 5.74) is 7.10. The number of benzene rings is 1. The number of hydrogen-bond acceptors (Lipinski definition) is 3. The van der Waals surface area contributed by atoms with E-state index in [0.29, 0.717) is 6.54 Å². The quantitative estimate of drug-likeness (QED) is 0.784. The van der Waals surface area contributed by atoms with Crippen molar-refractivity contribution in [1.82, 2.24) is 9.55 Å². The molecular formula is C11H13N3O. The minimum absolute atomic E-state index is 0.245. The van der Waals surface area contributed by atoms with Crippen LogP contribution in [0.4, 0.5) is 0 Å². The highest BCUT2D eigenvalue weighted by molar-refractivity contribution is 5.45. The first kappa shape index (κ1) is 9.73. The molecule has 4 nitrogen and oxygen atoms in total. The zero-order chi connectivity index (χ0) is 10.7. The third kappa shape index (κ3) is 1.99. The van der Waals surface area contributed by atoms with Crippen molar-refractivity contribution in [3.8, 4) is 11.4 Å². The van der Waals surface area contributed by atoms with Crippen LogP contribution in [0.15, 0.2) is 36.8 Å². The lowest BCUT2D eigenvalue weighted by molar-refractivity contribution is 0.472. The molecule has 0 saturated carbocycles. The van der Waals surface area contributed by atoms with E-state index in [1.165, 1.54) is 0 Å². The van der Waals surface area contributed by atoms with E-state index in [2.05, 4.69) is 4.98 Å². The number of phenolic OH excluding ortho intramolecular Hbond substituents is 1. The minimum Gasteiger partial charge on any atom is -0.506 e. The lowest BCUT2D eigenvalue weighted by Gasteiger charge is -2.03. The maximum absolute atomic E-state index is 9.63. The van der Waals surface area contributed by atoms with Crippen LogP contribution in [0.25, 0.3) is 5.69 Å². The molecule has 2 rings (SSSR count). The van der Waals surface area contributed by atoms with E-state index in [0.717, 1.165) is 17.8 Å². The molecular weight excluding hydrogens is 190 g/mol. The third-order valence-electron chi connectivity index (χ3n) is 2.20. The number of aromatic hydroxyl groups is 1. The molecule has 0 aliphatic rings. The number of rotatable bonds is 3. The van der Waals surface area contributed by atoms with Crippen LogP contribution in [0.3, 0.4) is 0 Å². The summed E-state index contributed by atoms with van der Waals surface area (Å²) >= 11 is 0. The van der Waals surface area contributed by atoms with Gasteiger partial charge in [-0.15, -0.1) is 0 Å². The van der Waals surface area contributed by atoms with Gasteiger partial charge in [0.05, 0.1) is 17.7 Å². The monoisotopic (exact) mass is 203 g/mol. The van der Waals surface area contributed by atoms with Crippen molar-refractivity contribution < 1.29 is 5.11 Å². The van der Waals surface area contributed by atoms with E-state index in [1.54, 1.807) is 23.0 Å². The Morgan fingerprint density at radius 3 is 2.87 bits per heavy atom. The molecule has 0 radical (unpaired) electrons. The Morgan fingerprint density at radius 1 is 1.33 bits per heavy atom. The zero-order valence-electron chi connectivity index (χ0n) is 8.30. The molecule has 78 valence electrons. The fraction of sp³-hybridized carbons (Fsp3) is 0.182. The van der Waals surface area contributed by atoms with Crippen LogP contribution in [-0.2, 0) is 6.42 Å². The predicted molar refractivity (Wildman–Crippen MR) is 58.0 cm³/mol. The number of aromatic nitrogens is 2. The summed E-state index contributed by atoms with van der Waals surface area (Å²) in [6.45, 7) is 0.581. The second-order valence-electron chi connectivity index (χ2n) is 3.30. The fourth-order valence-corrected chi connectivity index (χ4v) is 1.45. The van der Waals surface area contributed by atoms with Crippen LogP contribution >= 0.6 is 0 Å². The van der Waals surface area contributed by atoms with Gasteiger partial charge >= 0.3 is 0 Å². The van der Waals surface area contributed by atoms with E-state index in [-0.39, 0.29) is 5.75 Å². The maximum Gasteiger partial charge on any atom is 0.139 e. The highest BCUT2D eigenvalue weighted by Crippen LogP contribution is 2.20. The van der Waals surface area contributed by atoms with Crippen LogP contribution in [0.5, 0.6) is 5.75 Å². The molecule has 0 atom stereocenters. The second kappa shape index (κ2) is 4.14. The first-order chi connectivity index (χ1) is 7.31. The van der Waals surface area contributed by atoms with Crippen LogP contribution in [-0.4, -0.2) is 21.2 Å². The molecule has 1 aromatic heterocycles. The van der Waals surface area contributed by atoms with Gasteiger partial charge in [-0.2, -0.15) is 0 Å². The Labute approximate surface area is 88.0 Å². The average Bonchev–Trinajstić information content (AvgIpc) is 2.68. The topological polar surface area (TPSA) is 64.1 Å². The molecule has 0 aliphatic carbocycles. The lowest BCUT2D eigenvalue weighted by Crippen LogP contribution is -2.02. The summed E-state index contributed by atoms with van der Waals surface area (Å²) in [5.74, 6) is 0.245. The summed E-state index contributed by atoms with van der Waals surface area (Å²) in [4.78, 5) is 4.20. The molecule has 4 heteroatoms. The van der Waals surface area contributed by atoms with Gasteiger partial charge in [0.2, 0.25) is 0 Å². The SMILES string of the molecule is NCCc1cn(-c2ccccc2O)cn1. The first-order valence-electron chi connectivity index (χ1n) is 4.82. The molecule has 3 N–H and O–H groups in total. The molecule has 0 fully saturated rings. The normalized spacial score (nSPS) is 10.5. The molecule has 1 aromatic carbocycles. The molecule has 0 unspecified atom stereocenters. The van der Waals surface area contributed by atoms with Crippen molar-refractivity contribution in [2.45, 2.75) is 6.42 Å². The average molecular weight is 203 g/mol. The first-order valence-corrected chi connectivity index (χ1v) is 4.82. The summed E-state index contributed by atoms with van der Waals surface area (Å²) in [6, 6.07) is 7.15. The van der Waals surface area contributed by atoms with Crippen LogP contribution in [0.2, 0.25) is 0 Å². The van der Waals surface area contributed by atoms with Gasteiger partial charge in [-0.3, -0.25) is 0 Å². The molecule has 2 aromatic rings. The van der Waals surface area contributed by atoms with Crippen molar-refractivity contribution >= 4 is 0 Å². The summed E-state index contributed by atoms with van der Waals surface area (Å²) < 4.78 is 1.79. The molecule has 0 saturated heterocycles. The molecule has 0 amide bonds. The van der Waals surface area contributed by atoms with E-state index >= 15 is 0 Å².